The van der Waals surface area contributed by atoms with Crippen LogP contribution < -0.4 is 16.4 Å². The number of amides is 1. The molecule has 0 saturated heterocycles. The van der Waals surface area contributed by atoms with E-state index in [2.05, 4.69) is 10.6 Å². The van der Waals surface area contributed by atoms with Crippen LogP contribution in [0.2, 0.25) is 0 Å². The lowest BCUT2D eigenvalue weighted by Crippen LogP contribution is -2.21. The van der Waals surface area contributed by atoms with Crippen LogP contribution in [0.4, 0.5) is 17.1 Å². The maximum absolute atomic E-state index is 11.1. The molecule has 0 aliphatic rings. The average Bonchev–Trinajstić information content (AvgIpc) is 2.72. The lowest BCUT2D eigenvalue weighted by atomic mass is 10.1. The Bertz CT molecular complexity index is 1120. The van der Waals surface area contributed by atoms with Crippen LogP contribution in [0.5, 0.6) is 0 Å². The van der Waals surface area contributed by atoms with E-state index in [4.69, 9.17) is 10.7 Å². The molecule has 0 aliphatic carbocycles. The molecule has 0 fully saturated rings. The Morgan fingerprint density at radius 1 is 0.929 bits per heavy atom. The zero-order valence-electron chi connectivity index (χ0n) is 15.1. The number of carbonyl (C=O) groups is 1. The normalized spacial score (nSPS) is 10.9. The first kappa shape index (κ1) is 17.8. The Morgan fingerprint density at radius 2 is 1.54 bits per heavy atom. The number of nitrogens with zero attached hydrogens (tertiary/aromatic N) is 1. The van der Waals surface area contributed by atoms with E-state index in [0.717, 1.165) is 38.7 Å². The van der Waals surface area contributed by atoms with Crippen molar-refractivity contribution >= 4 is 44.8 Å². The number of aromatic nitrogens is 1. The zero-order chi connectivity index (χ0) is 19.5. The summed E-state index contributed by atoms with van der Waals surface area (Å²) in [4.78, 5) is 15.8. The second kappa shape index (κ2) is 7.54. The number of aliphatic hydroxyl groups excluding tert-OH is 1. The molecule has 0 atom stereocenters. The second-order valence-electron chi connectivity index (χ2n) is 6.54. The highest BCUT2D eigenvalue weighted by molar-refractivity contribution is 6.08. The summed E-state index contributed by atoms with van der Waals surface area (Å²) in [5.41, 5.74) is 10.2. The number of anilines is 3. The molecular formula is C22H20N4O2. The van der Waals surface area contributed by atoms with Crippen LogP contribution in [0.25, 0.3) is 21.8 Å². The molecule has 28 heavy (non-hydrogen) atoms. The van der Waals surface area contributed by atoms with Gasteiger partial charge in [0, 0.05) is 22.1 Å². The molecule has 4 aromatic rings. The summed E-state index contributed by atoms with van der Waals surface area (Å²) in [6.07, 6.45) is 0. The summed E-state index contributed by atoms with van der Waals surface area (Å²) in [5.74, 6) is -0.449. The van der Waals surface area contributed by atoms with Crippen LogP contribution in [0.15, 0.2) is 66.7 Å². The van der Waals surface area contributed by atoms with E-state index in [0.29, 0.717) is 5.69 Å². The summed E-state index contributed by atoms with van der Waals surface area (Å²) in [6.45, 7) is -0.0892. The average molecular weight is 372 g/mol. The van der Waals surface area contributed by atoms with Crippen molar-refractivity contribution in [2.75, 3.05) is 17.2 Å². The molecule has 0 radical (unpaired) electrons. The number of rotatable bonds is 6. The van der Waals surface area contributed by atoms with E-state index in [9.17, 15) is 9.90 Å². The molecule has 140 valence electrons. The first-order chi connectivity index (χ1) is 13.6. The van der Waals surface area contributed by atoms with Crippen molar-refractivity contribution in [3.05, 3.63) is 72.3 Å². The molecule has 5 N–H and O–H groups in total. The minimum Gasteiger partial charge on any atom is -0.392 e. The van der Waals surface area contributed by atoms with Crippen LogP contribution in [-0.4, -0.2) is 22.5 Å². The zero-order valence-corrected chi connectivity index (χ0v) is 15.1. The van der Waals surface area contributed by atoms with Crippen molar-refractivity contribution in [2.45, 2.75) is 6.61 Å². The van der Waals surface area contributed by atoms with Gasteiger partial charge in [-0.2, -0.15) is 0 Å². The molecule has 6 heteroatoms. The number of fused-ring (bicyclic) bond motifs is 2. The molecule has 0 bridgehead atoms. The summed E-state index contributed by atoms with van der Waals surface area (Å²) >= 11 is 0. The van der Waals surface area contributed by atoms with Crippen LogP contribution >= 0.6 is 0 Å². The third kappa shape index (κ3) is 3.58. The number of para-hydroxylation sites is 2. The van der Waals surface area contributed by atoms with E-state index >= 15 is 0 Å². The Hall–Kier alpha value is -3.64. The highest BCUT2D eigenvalue weighted by Crippen LogP contribution is 2.33. The molecule has 1 aromatic heterocycles. The van der Waals surface area contributed by atoms with E-state index in [1.54, 1.807) is 6.07 Å². The topological polar surface area (TPSA) is 100 Å². The van der Waals surface area contributed by atoms with E-state index in [1.165, 1.54) is 0 Å². The van der Waals surface area contributed by atoms with Gasteiger partial charge in [-0.3, -0.25) is 4.79 Å². The first-order valence-electron chi connectivity index (χ1n) is 8.95. The van der Waals surface area contributed by atoms with Gasteiger partial charge in [-0.15, -0.1) is 0 Å². The van der Waals surface area contributed by atoms with Gasteiger partial charge < -0.3 is 21.5 Å². The number of nitrogens with two attached hydrogens (primary N) is 1. The van der Waals surface area contributed by atoms with Gasteiger partial charge >= 0.3 is 0 Å². The predicted molar refractivity (Wildman–Crippen MR) is 113 cm³/mol. The number of primary amides is 1. The molecule has 1 heterocycles. The van der Waals surface area contributed by atoms with Crippen molar-refractivity contribution in [2.24, 2.45) is 5.73 Å². The minimum absolute atomic E-state index is 0.0233. The van der Waals surface area contributed by atoms with Gasteiger partial charge in [-0.05, 0) is 35.9 Å². The fourth-order valence-electron chi connectivity index (χ4n) is 3.27. The third-order valence-electron chi connectivity index (χ3n) is 4.50. The summed E-state index contributed by atoms with van der Waals surface area (Å²) < 4.78 is 0. The maximum atomic E-state index is 11.1. The number of nitrogens with one attached hydrogen (secondary N) is 2. The lowest BCUT2D eigenvalue weighted by Gasteiger charge is -2.15. The highest BCUT2D eigenvalue weighted by Gasteiger charge is 2.10. The number of pyridine rings is 1. The van der Waals surface area contributed by atoms with Crippen LogP contribution in [0, 0.1) is 0 Å². The van der Waals surface area contributed by atoms with Gasteiger partial charge in [0.05, 0.1) is 29.9 Å². The molecule has 3 aromatic carbocycles. The standard InChI is InChI=1S/C22H20N4O2/c23-21(28)12-24-15-9-14(13-27)10-16(11-15)25-22-17-5-1-3-7-19(17)26-20-8-4-2-6-18(20)22/h1-11,24,27H,12-13H2,(H2,23,28)(H,25,26). The second-order valence-corrected chi connectivity index (χ2v) is 6.54. The smallest absolute Gasteiger partial charge is 0.236 e. The third-order valence-corrected chi connectivity index (χ3v) is 4.50. The lowest BCUT2D eigenvalue weighted by molar-refractivity contribution is -0.116. The molecular weight excluding hydrogens is 352 g/mol. The van der Waals surface area contributed by atoms with Gasteiger partial charge in [0.15, 0.2) is 0 Å². The van der Waals surface area contributed by atoms with Crippen molar-refractivity contribution in [1.29, 1.82) is 0 Å². The molecule has 4 rings (SSSR count). The van der Waals surface area contributed by atoms with E-state index in [-0.39, 0.29) is 13.2 Å². The van der Waals surface area contributed by atoms with Gasteiger partial charge in [0.25, 0.3) is 0 Å². The summed E-state index contributed by atoms with van der Waals surface area (Å²) in [7, 11) is 0. The molecule has 0 aliphatic heterocycles. The van der Waals surface area contributed by atoms with Crippen molar-refractivity contribution in [3.63, 3.8) is 0 Å². The number of hydrogen-bond acceptors (Lipinski definition) is 5. The highest BCUT2D eigenvalue weighted by atomic mass is 16.3. The number of aliphatic hydroxyl groups is 1. The summed E-state index contributed by atoms with van der Waals surface area (Å²) in [5, 5.41) is 18.1. The number of benzene rings is 3. The quantitative estimate of drug-likeness (QED) is 0.388. The van der Waals surface area contributed by atoms with Gasteiger partial charge in [0.2, 0.25) is 5.91 Å². The number of hydrogen-bond donors (Lipinski definition) is 4. The van der Waals surface area contributed by atoms with Crippen molar-refractivity contribution in [1.82, 2.24) is 4.98 Å². The Morgan fingerprint density at radius 3 is 2.14 bits per heavy atom. The van der Waals surface area contributed by atoms with E-state index in [1.807, 2.05) is 60.7 Å². The number of carbonyl (C=O) groups excluding carboxylic acids is 1. The molecule has 0 spiro atoms. The van der Waals surface area contributed by atoms with Gasteiger partial charge in [0.1, 0.15) is 0 Å². The molecule has 6 nitrogen and oxygen atoms in total. The fourth-order valence-corrected chi connectivity index (χ4v) is 3.27. The fraction of sp³-hybridized carbons (Fsp3) is 0.0909. The SMILES string of the molecule is NC(=O)CNc1cc(CO)cc(Nc2c3ccccc3nc3ccccc23)c1. The van der Waals surface area contributed by atoms with Crippen molar-refractivity contribution in [3.8, 4) is 0 Å². The molecule has 0 unspecified atom stereocenters. The van der Waals surface area contributed by atoms with Crippen molar-refractivity contribution < 1.29 is 9.90 Å². The van der Waals surface area contributed by atoms with Crippen LogP contribution in [-0.2, 0) is 11.4 Å². The van der Waals surface area contributed by atoms with Gasteiger partial charge in [-0.25, -0.2) is 4.98 Å². The largest absolute Gasteiger partial charge is 0.392 e. The Balaban J connectivity index is 1.82. The molecule has 0 saturated carbocycles. The van der Waals surface area contributed by atoms with E-state index < -0.39 is 5.91 Å². The monoisotopic (exact) mass is 372 g/mol. The summed E-state index contributed by atoms with van der Waals surface area (Å²) in [6, 6.07) is 21.5. The maximum Gasteiger partial charge on any atom is 0.236 e. The van der Waals surface area contributed by atoms with Gasteiger partial charge in [-0.1, -0.05) is 36.4 Å². The predicted octanol–water partition coefficient (Wildman–Crippen LogP) is 3.52. The Kier molecular flexibility index (Phi) is 4.78. The van der Waals surface area contributed by atoms with Crippen LogP contribution in [0.1, 0.15) is 5.56 Å². The Labute approximate surface area is 162 Å². The minimum atomic E-state index is -0.449. The molecule has 1 amide bonds. The first-order valence-corrected chi connectivity index (χ1v) is 8.95. The van der Waals surface area contributed by atoms with Crippen LogP contribution in [0.3, 0.4) is 0 Å².